The Balaban J connectivity index is 2.38. The summed E-state index contributed by atoms with van der Waals surface area (Å²) in [7, 11) is 0. The molecule has 0 fully saturated rings. The van der Waals surface area contributed by atoms with Gasteiger partial charge in [0.05, 0.1) is 11.4 Å². The summed E-state index contributed by atoms with van der Waals surface area (Å²) in [5.74, 6) is -0.612. The maximum absolute atomic E-state index is 13.5. The number of aromatic nitrogens is 2. The second kappa shape index (κ2) is 12.3. The lowest BCUT2D eigenvalue weighted by Gasteiger charge is -2.23. The molecule has 1 N–H and O–H groups in total. The highest BCUT2D eigenvalue weighted by Crippen LogP contribution is 2.19. The van der Waals surface area contributed by atoms with Crippen molar-refractivity contribution in [3.05, 3.63) is 52.1 Å². The zero-order valence-electron chi connectivity index (χ0n) is 20.5. The normalized spacial score (nSPS) is 10.8. The minimum absolute atomic E-state index is 0.0926. The number of nitrogens with zero attached hydrogens (tertiary/aromatic N) is 3. The van der Waals surface area contributed by atoms with Gasteiger partial charge >= 0.3 is 0 Å². The molecule has 0 aliphatic carbocycles. The number of carbonyl (C=O) groups is 2. The number of benzene rings is 1. The van der Waals surface area contributed by atoms with Crippen molar-refractivity contribution in [1.82, 2.24) is 14.9 Å². The molecule has 0 saturated heterocycles. The Hall–Kier alpha value is -2.76. The van der Waals surface area contributed by atoms with E-state index in [4.69, 9.17) is 0 Å². The van der Waals surface area contributed by atoms with E-state index < -0.39 is 5.91 Å². The number of aryl methyl sites for hydroxylation is 4. The molecule has 0 spiro atoms. The fraction of sp³-hybridized carbons (Fsp3) is 0.538. The van der Waals surface area contributed by atoms with E-state index in [1.54, 1.807) is 0 Å². The van der Waals surface area contributed by atoms with Crippen molar-refractivity contribution in [1.29, 1.82) is 0 Å². The van der Waals surface area contributed by atoms with Crippen molar-refractivity contribution in [3.63, 3.8) is 0 Å². The van der Waals surface area contributed by atoms with E-state index >= 15 is 0 Å². The second-order valence-electron chi connectivity index (χ2n) is 8.57. The van der Waals surface area contributed by atoms with Crippen LogP contribution in [0.2, 0.25) is 0 Å². The average Bonchev–Trinajstić information content (AvgIpc) is 2.76. The maximum Gasteiger partial charge on any atom is 0.276 e. The number of rotatable bonds is 11. The van der Waals surface area contributed by atoms with Crippen LogP contribution in [0.25, 0.3) is 0 Å². The first kappa shape index (κ1) is 25.5. The second-order valence-corrected chi connectivity index (χ2v) is 8.57. The van der Waals surface area contributed by atoms with Crippen molar-refractivity contribution in [2.75, 3.05) is 18.4 Å². The smallest absolute Gasteiger partial charge is 0.276 e. The van der Waals surface area contributed by atoms with E-state index in [1.165, 1.54) is 0 Å². The van der Waals surface area contributed by atoms with E-state index in [0.717, 1.165) is 55.3 Å². The van der Waals surface area contributed by atoms with Gasteiger partial charge < -0.3 is 10.2 Å². The number of carbonyl (C=O) groups excluding carboxylic acids is 2. The van der Waals surface area contributed by atoms with Crippen LogP contribution >= 0.6 is 0 Å². The highest BCUT2D eigenvalue weighted by molar-refractivity contribution is 6.10. The van der Waals surface area contributed by atoms with Gasteiger partial charge in [-0.05, 0) is 57.7 Å². The molecule has 0 aliphatic heterocycles. The molecule has 6 nitrogen and oxygen atoms in total. The Morgan fingerprint density at radius 1 is 0.844 bits per heavy atom. The summed E-state index contributed by atoms with van der Waals surface area (Å²) in [6, 6.07) is 5.89. The van der Waals surface area contributed by atoms with Gasteiger partial charge in [0.25, 0.3) is 11.8 Å². The fourth-order valence-corrected chi connectivity index (χ4v) is 3.53. The molecule has 1 heterocycles. The number of nitrogens with one attached hydrogen (secondary N) is 1. The molecule has 6 heteroatoms. The Kier molecular flexibility index (Phi) is 9.82. The lowest BCUT2D eigenvalue weighted by atomic mass is 10.1. The average molecular weight is 439 g/mol. The maximum atomic E-state index is 13.5. The van der Waals surface area contributed by atoms with Crippen LogP contribution in [0.5, 0.6) is 0 Å². The van der Waals surface area contributed by atoms with Crippen molar-refractivity contribution >= 4 is 17.5 Å². The van der Waals surface area contributed by atoms with Crippen molar-refractivity contribution in [2.24, 2.45) is 0 Å². The van der Waals surface area contributed by atoms with Crippen LogP contribution in [0.15, 0.2) is 18.2 Å². The van der Waals surface area contributed by atoms with Crippen LogP contribution in [0.3, 0.4) is 0 Å². The summed E-state index contributed by atoms with van der Waals surface area (Å²) < 4.78 is 0. The number of amides is 2. The van der Waals surface area contributed by atoms with Gasteiger partial charge in [0.1, 0.15) is 0 Å². The molecular formula is C26H38N4O2. The molecular weight excluding hydrogens is 400 g/mol. The quantitative estimate of drug-likeness (QED) is 0.451. The summed E-state index contributed by atoms with van der Waals surface area (Å²) in [5, 5.41) is 2.94. The first-order valence-corrected chi connectivity index (χ1v) is 11.8. The molecule has 32 heavy (non-hydrogen) atoms. The minimum Gasteiger partial charge on any atom is -0.337 e. The van der Waals surface area contributed by atoms with Gasteiger partial charge in [-0.15, -0.1) is 0 Å². The predicted molar refractivity (Wildman–Crippen MR) is 130 cm³/mol. The van der Waals surface area contributed by atoms with Crippen LogP contribution in [-0.2, 0) is 0 Å². The van der Waals surface area contributed by atoms with Crippen molar-refractivity contribution in [3.8, 4) is 0 Å². The van der Waals surface area contributed by atoms with Gasteiger partial charge in [0.2, 0.25) is 0 Å². The molecule has 1 aromatic carbocycles. The van der Waals surface area contributed by atoms with Crippen LogP contribution in [0, 0.1) is 27.7 Å². The Morgan fingerprint density at radius 2 is 1.41 bits per heavy atom. The number of hydrogen-bond acceptors (Lipinski definition) is 4. The van der Waals surface area contributed by atoms with E-state index in [1.807, 2.05) is 50.8 Å². The summed E-state index contributed by atoms with van der Waals surface area (Å²) in [6.45, 7) is 13.2. The lowest BCUT2D eigenvalue weighted by molar-refractivity contribution is 0.0737. The largest absolute Gasteiger partial charge is 0.337 e. The molecule has 0 unspecified atom stereocenters. The van der Waals surface area contributed by atoms with Gasteiger partial charge in [-0.3, -0.25) is 9.59 Å². The van der Waals surface area contributed by atoms with Gasteiger partial charge in [0, 0.05) is 18.8 Å². The van der Waals surface area contributed by atoms with E-state index in [2.05, 4.69) is 29.1 Å². The van der Waals surface area contributed by atoms with Gasteiger partial charge in [-0.25, -0.2) is 9.97 Å². The Bertz CT molecular complexity index is 930. The third kappa shape index (κ3) is 6.87. The molecule has 0 atom stereocenters. The molecule has 0 aliphatic rings. The molecule has 0 saturated carbocycles. The highest BCUT2D eigenvalue weighted by Gasteiger charge is 2.26. The molecule has 2 amide bonds. The standard InChI is InChI=1S/C26H38N4O2/c1-7-9-11-15-30(16-12-10-8-2)26(32)24-23(27-20(5)21(6)28-24)25(31)29-22-17-18(3)13-14-19(22)4/h13-14,17H,7-12,15-16H2,1-6H3,(H,29,31). The first-order valence-electron chi connectivity index (χ1n) is 11.8. The van der Waals surface area contributed by atoms with E-state index in [-0.39, 0.29) is 17.3 Å². The van der Waals surface area contributed by atoms with Crippen LogP contribution in [0.1, 0.15) is 95.9 Å². The zero-order chi connectivity index (χ0) is 23.7. The summed E-state index contributed by atoms with van der Waals surface area (Å²) >= 11 is 0. The van der Waals surface area contributed by atoms with Crippen molar-refractivity contribution in [2.45, 2.75) is 80.1 Å². The van der Waals surface area contributed by atoms with Gasteiger partial charge in [0.15, 0.2) is 11.4 Å². The zero-order valence-corrected chi connectivity index (χ0v) is 20.5. The summed E-state index contributed by atoms with van der Waals surface area (Å²) in [6.07, 6.45) is 6.19. The lowest BCUT2D eigenvalue weighted by Crippen LogP contribution is -2.36. The molecule has 2 aromatic rings. The number of hydrogen-bond donors (Lipinski definition) is 1. The molecule has 0 bridgehead atoms. The van der Waals surface area contributed by atoms with Gasteiger partial charge in [-0.2, -0.15) is 0 Å². The SMILES string of the molecule is CCCCCN(CCCCC)C(=O)c1nc(C)c(C)nc1C(=O)Nc1cc(C)ccc1C. The van der Waals surface area contributed by atoms with Crippen molar-refractivity contribution < 1.29 is 9.59 Å². The topological polar surface area (TPSA) is 75.2 Å². The minimum atomic E-state index is -0.403. The molecule has 174 valence electrons. The summed E-state index contributed by atoms with van der Waals surface area (Å²) in [5.41, 5.74) is 4.27. The van der Waals surface area contributed by atoms with Crippen LogP contribution in [0.4, 0.5) is 5.69 Å². The van der Waals surface area contributed by atoms with Gasteiger partial charge in [-0.1, -0.05) is 51.7 Å². The van der Waals surface area contributed by atoms with E-state index in [0.29, 0.717) is 24.5 Å². The fourth-order valence-electron chi connectivity index (χ4n) is 3.53. The third-order valence-corrected chi connectivity index (χ3v) is 5.72. The Labute approximate surface area is 192 Å². The number of anilines is 1. The summed E-state index contributed by atoms with van der Waals surface area (Å²) in [4.78, 5) is 37.6. The van der Waals surface area contributed by atoms with E-state index in [9.17, 15) is 9.59 Å². The monoisotopic (exact) mass is 438 g/mol. The molecule has 1 aromatic heterocycles. The first-order chi connectivity index (χ1) is 15.3. The highest BCUT2D eigenvalue weighted by atomic mass is 16.2. The van der Waals surface area contributed by atoms with Crippen LogP contribution in [-0.4, -0.2) is 39.8 Å². The third-order valence-electron chi connectivity index (χ3n) is 5.72. The Morgan fingerprint density at radius 3 is 1.97 bits per heavy atom. The molecule has 2 rings (SSSR count). The number of unbranched alkanes of at least 4 members (excludes halogenated alkanes) is 4. The predicted octanol–water partition coefficient (Wildman–Crippen LogP) is 5.79. The molecule has 0 radical (unpaired) electrons. The van der Waals surface area contributed by atoms with Crippen LogP contribution < -0.4 is 5.32 Å².